The van der Waals surface area contributed by atoms with Crippen LogP contribution in [-0.2, 0) is 6.42 Å². The Labute approximate surface area is 106 Å². The predicted octanol–water partition coefficient (Wildman–Crippen LogP) is 4.11. The third-order valence-electron chi connectivity index (χ3n) is 3.33. The quantitative estimate of drug-likeness (QED) is 0.752. The van der Waals surface area contributed by atoms with Gasteiger partial charge in [0.15, 0.2) is 0 Å². The summed E-state index contributed by atoms with van der Waals surface area (Å²) < 4.78 is 0. The van der Waals surface area contributed by atoms with Crippen molar-refractivity contribution < 1.29 is 5.11 Å². The molecule has 0 aliphatic heterocycles. The van der Waals surface area contributed by atoms with Crippen molar-refractivity contribution >= 4 is 0 Å². The van der Waals surface area contributed by atoms with Crippen molar-refractivity contribution in [3.05, 3.63) is 35.4 Å². The minimum Gasteiger partial charge on any atom is -0.393 e. The molecule has 1 rings (SSSR count). The molecule has 1 N–H and O–H groups in total. The molecule has 1 aromatic rings. The van der Waals surface area contributed by atoms with E-state index in [0.29, 0.717) is 0 Å². The molecule has 1 unspecified atom stereocenters. The van der Waals surface area contributed by atoms with Crippen LogP contribution in [0, 0.1) is 12.8 Å². The zero-order chi connectivity index (χ0) is 12.7. The van der Waals surface area contributed by atoms with Gasteiger partial charge in [0.25, 0.3) is 0 Å². The molecule has 0 fully saturated rings. The second-order valence-electron chi connectivity index (χ2n) is 5.44. The Balaban J connectivity index is 2.24. The Morgan fingerprint density at radius 1 is 1.06 bits per heavy atom. The van der Waals surface area contributed by atoms with Crippen molar-refractivity contribution in [3.8, 4) is 0 Å². The summed E-state index contributed by atoms with van der Waals surface area (Å²) in [5, 5.41) is 9.91. The highest BCUT2D eigenvalue weighted by Crippen LogP contribution is 2.14. The first-order chi connectivity index (χ1) is 8.09. The summed E-state index contributed by atoms with van der Waals surface area (Å²) in [6.45, 7) is 6.61. The number of aliphatic hydroxyl groups excluding tert-OH is 1. The first kappa shape index (κ1) is 14.2. The molecule has 1 nitrogen and oxygen atoms in total. The fourth-order valence-electron chi connectivity index (χ4n) is 2.12. The van der Waals surface area contributed by atoms with Crippen LogP contribution in [0.2, 0.25) is 0 Å². The van der Waals surface area contributed by atoms with Gasteiger partial charge < -0.3 is 5.11 Å². The van der Waals surface area contributed by atoms with Crippen LogP contribution < -0.4 is 0 Å². The van der Waals surface area contributed by atoms with E-state index in [1.54, 1.807) is 0 Å². The predicted molar refractivity (Wildman–Crippen MR) is 74.2 cm³/mol. The van der Waals surface area contributed by atoms with Gasteiger partial charge in [-0.25, -0.2) is 0 Å². The van der Waals surface area contributed by atoms with Crippen LogP contribution in [0.25, 0.3) is 0 Å². The number of rotatable bonds is 7. The molecule has 0 saturated carbocycles. The standard InChI is InChI=1S/C16H26O/c1-13(2)7-6-10-16(17)12-11-15-9-5-4-8-14(15)3/h4-5,8-9,13,16-17H,6-7,10-12H2,1-3H3. The molecule has 1 heteroatoms. The molecule has 0 amide bonds. The van der Waals surface area contributed by atoms with Gasteiger partial charge in [-0.2, -0.15) is 0 Å². The van der Waals surface area contributed by atoms with Crippen molar-refractivity contribution in [2.24, 2.45) is 5.92 Å². The van der Waals surface area contributed by atoms with E-state index in [9.17, 15) is 5.11 Å². The van der Waals surface area contributed by atoms with E-state index in [1.165, 1.54) is 17.5 Å². The highest BCUT2D eigenvalue weighted by Gasteiger charge is 2.06. The normalized spacial score (nSPS) is 13.0. The van der Waals surface area contributed by atoms with Gasteiger partial charge in [-0.3, -0.25) is 0 Å². The van der Waals surface area contributed by atoms with Crippen molar-refractivity contribution in [2.75, 3.05) is 0 Å². The third kappa shape index (κ3) is 5.88. The Bertz CT molecular complexity index is 317. The molecule has 0 saturated heterocycles. The Morgan fingerprint density at radius 2 is 1.76 bits per heavy atom. The second kappa shape index (κ2) is 7.50. The first-order valence-corrected chi connectivity index (χ1v) is 6.82. The Kier molecular flexibility index (Phi) is 6.28. The topological polar surface area (TPSA) is 20.2 Å². The van der Waals surface area contributed by atoms with Crippen molar-refractivity contribution in [1.29, 1.82) is 0 Å². The molecule has 0 radical (unpaired) electrons. The van der Waals surface area contributed by atoms with Crippen LogP contribution in [0.15, 0.2) is 24.3 Å². The summed E-state index contributed by atoms with van der Waals surface area (Å²) in [5.74, 6) is 0.749. The Hall–Kier alpha value is -0.820. The van der Waals surface area contributed by atoms with Gasteiger partial charge in [0.05, 0.1) is 6.10 Å². The molecule has 17 heavy (non-hydrogen) atoms. The smallest absolute Gasteiger partial charge is 0.0543 e. The monoisotopic (exact) mass is 234 g/mol. The van der Waals surface area contributed by atoms with Crippen LogP contribution in [-0.4, -0.2) is 11.2 Å². The molecule has 1 atom stereocenters. The lowest BCUT2D eigenvalue weighted by Gasteiger charge is -2.12. The van der Waals surface area contributed by atoms with Gasteiger partial charge in [0.1, 0.15) is 0 Å². The number of aliphatic hydroxyl groups is 1. The SMILES string of the molecule is Cc1ccccc1CCC(O)CCCC(C)C. The van der Waals surface area contributed by atoms with Crippen molar-refractivity contribution in [3.63, 3.8) is 0 Å². The fourth-order valence-corrected chi connectivity index (χ4v) is 2.12. The molecule has 0 heterocycles. The lowest BCUT2D eigenvalue weighted by atomic mass is 9.98. The zero-order valence-corrected chi connectivity index (χ0v) is 11.4. The average molecular weight is 234 g/mol. The largest absolute Gasteiger partial charge is 0.393 e. The van der Waals surface area contributed by atoms with E-state index in [2.05, 4.69) is 45.0 Å². The summed E-state index contributed by atoms with van der Waals surface area (Å²) in [4.78, 5) is 0. The maximum atomic E-state index is 9.91. The highest BCUT2D eigenvalue weighted by atomic mass is 16.3. The van der Waals surface area contributed by atoms with Gasteiger partial charge in [0, 0.05) is 0 Å². The first-order valence-electron chi connectivity index (χ1n) is 6.82. The molecule has 0 spiro atoms. The highest BCUT2D eigenvalue weighted by molar-refractivity contribution is 5.25. The molecule has 96 valence electrons. The number of aryl methyl sites for hydroxylation is 2. The molecule has 0 aliphatic rings. The lowest BCUT2D eigenvalue weighted by Crippen LogP contribution is -2.08. The number of hydrogen-bond donors (Lipinski definition) is 1. The van der Waals surface area contributed by atoms with E-state index >= 15 is 0 Å². The van der Waals surface area contributed by atoms with E-state index < -0.39 is 0 Å². The summed E-state index contributed by atoms with van der Waals surface area (Å²) in [7, 11) is 0. The number of benzene rings is 1. The average Bonchev–Trinajstić information content (AvgIpc) is 2.27. The van der Waals surface area contributed by atoms with Gasteiger partial charge >= 0.3 is 0 Å². The molecule has 0 aromatic heterocycles. The van der Waals surface area contributed by atoms with Crippen LogP contribution in [0.1, 0.15) is 50.7 Å². The third-order valence-corrected chi connectivity index (χ3v) is 3.33. The van der Waals surface area contributed by atoms with Gasteiger partial charge in [-0.05, 0) is 43.2 Å². The fraction of sp³-hybridized carbons (Fsp3) is 0.625. The molecule has 0 bridgehead atoms. The van der Waals surface area contributed by atoms with Gasteiger partial charge in [-0.15, -0.1) is 0 Å². The van der Waals surface area contributed by atoms with Crippen LogP contribution in [0.3, 0.4) is 0 Å². The molecule has 0 aliphatic carbocycles. The van der Waals surface area contributed by atoms with E-state index in [-0.39, 0.29) is 6.10 Å². The summed E-state index contributed by atoms with van der Waals surface area (Å²) in [5.41, 5.74) is 2.71. The van der Waals surface area contributed by atoms with E-state index in [1.807, 2.05) is 0 Å². The van der Waals surface area contributed by atoms with Crippen LogP contribution >= 0.6 is 0 Å². The van der Waals surface area contributed by atoms with Crippen molar-refractivity contribution in [1.82, 2.24) is 0 Å². The number of hydrogen-bond acceptors (Lipinski definition) is 1. The summed E-state index contributed by atoms with van der Waals surface area (Å²) in [6, 6.07) is 8.45. The molecular formula is C16H26O. The Morgan fingerprint density at radius 3 is 2.41 bits per heavy atom. The zero-order valence-electron chi connectivity index (χ0n) is 11.4. The summed E-state index contributed by atoms with van der Waals surface area (Å²) in [6.07, 6.45) is 5.07. The minimum atomic E-state index is -0.131. The lowest BCUT2D eigenvalue weighted by molar-refractivity contribution is 0.150. The van der Waals surface area contributed by atoms with Gasteiger partial charge in [0.2, 0.25) is 0 Å². The maximum absolute atomic E-state index is 9.91. The second-order valence-corrected chi connectivity index (χ2v) is 5.44. The molecule has 1 aromatic carbocycles. The van der Waals surface area contributed by atoms with Crippen LogP contribution in [0.4, 0.5) is 0 Å². The maximum Gasteiger partial charge on any atom is 0.0543 e. The van der Waals surface area contributed by atoms with Crippen LogP contribution in [0.5, 0.6) is 0 Å². The summed E-state index contributed by atoms with van der Waals surface area (Å²) >= 11 is 0. The van der Waals surface area contributed by atoms with Gasteiger partial charge in [-0.1, -0.05) is 51.0 Å². The van der Waals surface area contributed by atoms with E-state index in [4.69, 9.17) is 0 Å². The van der Waals surface area contributed by atoms with E-state index in [0.717, 1.165) is 31.6 Å². The molecular weight excluding hydrogens is 208 g/mol. The minimum absolute atomic E-state index is 0.131. The van der Waals surface area contributed by atoms with Crippen molar-refractivity contribution in [2.45, 2.75) is 59.0 Å².